The highest BCUT2D eigenvalue weighted by Gasteiger charge is 2.18. The van der Waals surface area contributed by atoms with Crippen molar-refractivity contribution in [2.75, 3.05) is 13.1 Å². The highest BCUT2D eigenvalue weighted by Crippen LogP contribution is 2.21. The van der Waals surface area contributed by atoms with E-state index in [0.29, 0.717) is 19.5 Å². The summed E-state index contributed by atoms with van der Waals surface area (Å²) in [5, 5.41) is 7.59. The highest BCUT2D eigenvalue weighted by atomic mass is 127. The summed E-state index contributed by atoms with van der Waals surface area (Å²) < 4.78 is 5.47. The lowest BCUT2D eigenvalue weighted by Crippen LogP contribution is -2.37. The number of aromatic nitrogens is 1. The van der Waals surface area contributed by atoms with Gasteiger partial charge in [0.1, 0.15) is 6.10 Å². The maximum atomic E-state index is 11.8. The number of guanidine groups is 1. The van der Waals surface area contributed by atoms with Gasteiger partial charge in [0.15, 0.2) is 5.96 Å². The molecular formula is C18H31IN4O2S. The topological polar surface area (TPSA) is 75.6 Å². The van der Waals surface area contributed by atoms with Crippen molar-refractivity contribution in [1.29, 1.82) is 0 Å². The fraction of sp³-hybridized carbons (Fsp3) is 0.722. The minimum atomic E-state index is -0.0774. The van der Waals surface area contributed by atoms with Crippen LogP contribution in [0.3, 0.4) is 0 Å². The fourth-order valence-corrected chi connectivity index (χ4v) is 3.76. The predicted molar refractivity (Wildman–Crippen MR) is 117 cm³/mol. The fourth-order valence-electron chi connectivity index (χ4n) is 2.90. The van der Waals surface area contributed by atoms with Gasteiger partial charge in [0.2, 0.25) is 0 Å². The Kier molecular flexibility index (Phi) is 11.1. The van der Waals surface area contributed by atoms with Crippen molar-refractivity contribution in [3.63, 3.8) is 0 Å². The number of hydrogen-bond donors (Lipinski definition) is 2. The number of rotatable bonds is 8. The van der Waals surface area contributed by atoms with E-state index in [1.807, 2.05) is 20.8 Å². The number of aliphatic imine (C=N–C) groups is 1. The zero-order chi connectivity index (χ0) is 18.1. The standard InChI is InChI=1S/C18H30N4O2S.HI/c1-4-19-18(21-12-16-13(2)22-14(3)25-16)20-11-7-10-17(23)24-15-8-5-6-9-15;/h15H,4-12H2,1-3H3,(H2,19,20,21);1H. The normalized spacial score (nSPS) is 14.8. The van der Waals surface area contributed by atoms with Gasteiger partial charge >= 0.3 is 5.97 Å². The molecule has 2 N–H and O–H groups in total. The SMILES string of the molecule is CCNC(=NCc1sc(C)nc1C)NCCCC(=O)OC1CCCC1.I. The minimum Gasteiger partial charge on any atom is -0.462 e. The molecule has 0 radical (unpaired) electrons. The Labute approximate surface area is 177 Å². The molecule has 0 bridgehead atoms. The first-order chi connectivity index (χ1) is 12.1. The Balaban J connectivity index is 0.00000338. The molecule has 0 aromatic carbocycles. The molecule has 0 amide bonds. The van der Waals surface area contributed by atoms with E-state index in [0.717, 1.165) is 42.5 Å². The van der Waals surface area contributed by atoms with Crippen LogP contribution in [0.4, 0.5) is 0 Å². The molecule has 1 saturated carbocycles. The number of carbonyl (C=O) groups is 1. The Morgan fingerprint density at radius 3 is 2.65 bits per heavy atom. The van der Waals surface area contributed by atoms with Gasteiger partial charge < -0.3 is 15.4 Å². The molecular weight excluding hydrogens is 463 g/mol. The van der Waals surface area contributed by atoms with E-state index < -0.39 is 0 Å². The van der Waals surface area contributed by atoms with E-state index in [2.05, 4.69) is 20.6 Å². The van der Waals surface area contributed by atoms with Gasteiger partial charge in [0, 0.05) is 24.4 Å². The van der Waals surface area contributed by atoms with Crippen LogP contribution in [-0.2, 0) is 16.1 Å². The number of nitrogens with zero attached hydrogens (tertiary/aromatic N) is 2. The van der Waals surface area contributed by atoms with Crippen LogP contribution in [0.15, 0.2) is 4.99 Å². The molecule has 0 atom stereocenters. The largest absolute Gasteiger partial charge is 0.462 e. The molecule has 1 aliphatic rings. The van der Waals surface area contributed by atoms with Gasteiger partial charge in [-0.15, -0.1) is 35.3 Å². The predicted octanol–water partition coefficient (Wildman–Crippen LogP) is 3.70. The van der Waals surface area contributed by atoms with Gasteiger partial charge in [0.05, 0.1) is 17.2 Å². The Morgan fingerprint density at radius 2 is 2.04 bits per heavy atom. The van der Waals surface area contributed by atoms with Crippen molar-refractivity contribution in [3.05, 3.63) is 15.6 Å². The van der Waals surface area contributed by atoms with Crippen LogP contribution in [-0.4, -0.2) is 36.1 Å². The number of nitrogens with one attached hydrogen (secondary N) is 2. The molecule has 0 unspecified atom stereocenters. The van der Waals surface area contributed by atoms with Crippen LogP contribution in [0.1, 0.15) is 61.0 Å². The second-order valence-corrected chi connectivity index (χ2v) is 7.65. The lowest BCUT2D eigenvalue weighted by atomic mass is 10.3. The molecule has 26 heavy (non-hydrogen) atoms. The quantitative estimate of drug-likeness (QED) is 0.190. The highest BCUT2D eigenvalue weighted by molar-refractivity contribution is 14.0. The molecule has 148 valence electrons. The Bertz CT molecular complexity index is 586. The summed E-state index contributed by atoms with van der Waals surface area (Å²) in [7, 11) is 0. The first-order valence-corrected chi connectivity index (χ1v) is 10.0. The molecule has 1 aliphatic carbocycles. The molecule has 1 aromatic heterocycles. The number of aryl methyl sites for hydroxylation is 2. The first kappa shape index (κ1) is 23.1. The van der Waals surface area contributed by atoms with Gasteiger partial charge in [-0.25, -0.2) is 9.98 Å². The number of carbonyl (C=O) groups excluding carboxylic acids is 1. The molecule has 1 aromatic rings. The molecule has 0 saturated heterocycles. The monoisotopic (exact) mass is 494 g/mol. The third kappa shape index (κ3) is 8.20. The Hall–Kier alpha value is -0.900. The summed E-state index contributed by atoms with van der Waals surface area (Å²) in [5.74, 6) is 0.698. The van der Waals surface area contributed by atoms with Crippen molar-refractivity contribution in [3.8, 4) is 0 Å². The third-order valence-electron chi connectivity index (χ3n) is 4.18. The summed E-state index contributed by atoms with van der Waals surface area (Å²) >= 11 is 1.69. The molecule has 1 fully saturated rings. The first-order valence-electron chi connectivity index (χ1n) is 9.23. The van der Waals surface area contributed by atoms with E-state index in [1.165, 1.54) is 17.7 Å². The maximum Gasteiger partial charge on any atom is 0.306 e. The number of esters is 1. The lowest BCUT2D eigenvalue weighted by molar-refractivity contribution is -0.148. The number of thiazole rings is 1. The van der Waals surface area contributed by atoms with Crippen LogP contribution in [0.25, 0.3) is 0 Å². The number of ether oxygens (including phenoxy) is 1. The van der Waals surface area contributed by atoms with Crippen LogP contribution in [0.2, 0.25) is 0 Å². The molecule has 0 spiro atoms. The van der Waals surface area contributed by atoms with Gasteiger partial charge in [0.25, 0.3) is 0 Å². The summed E-state index contributed by atoms with van der Waals surface area (Å²) in [6.45, 7) is 8.20. The second-order valence-electron chi connectivity index (χ2n) is 6.36. The van der Waals surface area contributed by atoms with Gasteiger partial charge in [-0.3, -0.25) is 4.79 Å². The minimum absolute atomic E-state index is 0. The number of halogens is 1. The molecule has 8 heteroatoms. The van der Waals surface area contributed by atoms with Crippen molar-refractivity contribution >= 4 is 47.2 Å². The number of hydrogen-bond acceptors (Lipinski definition) is 5. The van der Waals surface area contributed by atoms with Crippen molar-refractivity contribution < 1.29 is 9.53 Å². The zero-order valence-electron chi connectivity index (χ0n) is 16.0. The molecule has 2 rings (SSSR count). The lowest BCUT2D eigenvalue weighted by Gasteiger charge is -2.13. The van der Waals surface area contributed by atoms with E-state index in [-0.39, 0.29) is 36.0 Å². The van der Waals surface area contributed by atoms with Crippen molar-refractivity contribution in [1.82, 2.24) is 15.6 Å². The van der Waals surface area contributed by atoms with Gasteiger partial charge in [-0.2, -0.15) is 0 Å². The average Bonchev–Trinajstić information content (AvgIpc) is 3.18. The van der Waals surface area contributed by atoms with E-state index in [1.54, 1.807) is 11.3 Å². The van der Waals surface area contributed by atoms with Gasteiger partial charge in [-0.05, 0) is 52.9 Å². The molecule has 6 nitrogen and oxygen atoms in total. The zero-order valence-corrected chi connectivity index (χ0v) is 19.1. The maximum absolute atomic E-state index is 11.8. The summed E-state index contributed by atoms with van der Waals surface area (Å²) in [5.41, 5.74) is 1.05. The Morgan fingerprint density at radius 1 is 1.31 bits per heavy atom. The van der Waals surface area contributed by atoms with Crippen LogP contribution >= 0.6 is 35.3 Å². The molecule has 1 heterocycles. The van der Waals surface area contributed by atoms with E-state index in [4.69, 9.17) is 4.74 Å². The van der Waals surface area contributed by atoms with E-state index in [9.17, 15) is 4.79 Å². The van der Waals surface area contributed by atoms with Crippen molar-refractivity contribution in [2.24, 2.45) is 4.99 Å². The van der Waals surface area contributed by atoms with Crippen LogP contribution < -0.4 is 10.6 Å². The smallest absolute Gasteiger partial charge is 0.306 e. The second kappa shape index (κ2) is 12.5. The van der Waals surface area contributed by atoms with Gasteiger partial charge in [-0.1, -0.05) is 0 Å². The summed E-state index contributed by atoms with van der Waals surface area (Å²) in [6.07, 6.45) is 5.77. The average molecular weight is 494 g/mol. The van der Waals surface area contributed by atoms with Crippen LogP contribution in [0, 0.1) is 13.8 Å². The summed E-state index contributed by atoms with van der Waals surface area (Å²) in [6, 6.07) is 0. The van der Waals surface area contributed by atoms with Crippen molar-refractivity contribution in [2.45, 2.75) is 71.9 Å². The third-order valence-corrected chi connectivity index (χ3v) is 5.23. The van der Waals surface area contributed by atoms with Crippen LogP contribution in [0.5, 0.6) is 0 Å². The molecule has 0 aliphatic heterocycles. The summed E-state index contributed by atoms with van der Waals surface area (Å²) in [4.78, 5) is 22.0. The van der Waals surface area contributed by atoms with E-state index >= 15 is 0 Å².